The van der Waals surface area contributed by atoms with Crippen molar-refractivity contribution < 1.29 is 4.74 Å². The fourth-order valence-electron chi connectivity index (χ4n) is 2.63. The third kappa shape index (κ3) is 5.75. The van der Waals surface area contributed by atoms with E-state index in [-0.39, 0.29) is 0 Å². The summed E-state index contributed by atoms with van der Waals surface area (Å²) in [5, 5.41) is 6.26. The molecule has 0 unspecified atom stereocenters. The topological polar surface area (TPSA) is 85.2 Å². The monoisotopic (exact) mass is 408 g/mol. The Morgan fingerprint density at radius 3 is 2.86 bits per heavy atom. The van der Waals surface area contributed by atoms with E-state index in [1.54, 1.807) is 37.0 Å². The molecule has 3 aromatic heterocycles. The molecule has 0 saturated carbocycles. The van der Waals surface area contributed by atoms with Gasteiger partial charge in [0, 0.05) is 55.5 Å². The molecule has 7 nitrogen and oxygen atoms in total. The van der Waals surface area contributed by atoms with Crippen LogP contribution in [-0.2, 0) is 4.74 Å². The second-order valence-electron chi connectivity index (χ2n) is 6.23. The Morgan fingerprint density at radius 2 is 2.10 bits per heavy atom. The molecule has 29 heavy (non-hydrogen) atoms. The van der Waals surface area contributed by atoms with Gasteiger partial charge in [-0.25, -0.2) is 15.0 Å². The minimum Gasteiger partial charge on any atom is -0.385 e. The van der Waals surface area contributed by atoms with Crippen LogP contribution in [0.3, 0.4) is 0 Å². The van der Waals surface area contributed by atoms with Crippen molar-refractivity contribution in [2.75, 3.05) is 25.6 Å². The summed E-state index contributed by atoms with van der Waals surface area (Å²) in [5.41, 5.74) is 3.64. The van der Waals surface area contributed by atoms with E-state index in [1.807, 2.05) is 43.5 Å². The highest BCUT2D eigenvalue weighted by Gasteiger charge is 2.14. The second-order valence-corrected chi connectivity index (χ2v) is 7.09. The molecule has 0 bridgehead atoms. The number of methoxy groups -OCH3 is 1. The number of nitrogens with one attached hydrogen (secondary N) is 1. The number of nitrogens with zero attached hydrogens (tertiary/aromatic N) is 5. The van der Waals surface area contributed by atoms with Crippen LogP contribution in [0.2, 0.25) is 0 Å². The van der Waals surface area contributed by atoms with Crippen LogP contribution in [0.4, 0.5) is 11.8 Å². The molecule has 0 aliphatic rings. The fraction of sp³-hybridized carbons (Fsp3) is 0.286. The maximum Gasteiger partial charge on any atom is 0.251 e. The van der Waals surface area contributed by atoms with Crippen LogP contribution < -0.4 is 5.32 Å². The average molecular weight is 409 g/mol. The molecule has 0 aromatic carbocycles. The van der Waals surface area contributed by atoms with E-state index in [1.165, 1.54) is 0 Å². The van der Waals surface area contributed by atoms with E-state index < -0.39 is 0 Å². The lowest BCUT2D eigenvalue weighted by molar-refractivity contribution is 0.198. The van der Waals surface area contributed by atoms with Crippen molar-refractivity contribution in [1.29, 1.82) is 0 Å². The Balaban J connectivity index is 1.92. The first-order valence-electron chi connectivity index (χ1n) is 9.35. The zero-order valence-electron chi connectivity index (χ0n) is 16.8. The SMILES string of the molecule is C/C=C/C(C)=Nc1ncc(-c2nc(-c3ccncc3)cs2)c(NCCCOC)n1. The minimum absolute atomic E-state index is 0.421. The van der Waals surface area contributed by atoms with Gasteiger partial charge in [0.2, 0.25) is 0 Å². The number of rotatable bonds is 9. The molecule has 0 aliphatic heterocycles. The largest absolute Gasteiger partial charge is 0.385 e. The molecule has 0 saturated heterocycles. The third-order valence-corrected chi connectivity index (χ3v) is 4.86. The van der Waals surface area contributed by atoms with Gasteiger partial charge in [0.1, 0.15) is 10.8 Å². The lowest BCUT2D eigenvalue weighted by Gasteiger charge is -2.09. The van der Waals surface area contributed by atoms with Crippen LogP contribution in [-0.4, -0.2) is 45.9 Å². The standard InChI is InChI=1S/C21H24N6OS/c1-4-6-15(2)25-21-24-13-17(19(27-21)23-9-5-12-28-3)20-26-18(14-29-20)16-7-10-22-11-8-16/h4,6-8,10-11,13-14H,5,9,12H2,1-3H3,(H,23,24,27)/b6-4+,25-15?. The Bertz CT molecular complexity index is 984. The number of hydrogen-bond acceptors (Lipinski definition) is 8. The van der Waals surface area contributed by atoms with E-state index in [0.717, 1.165) is 46.3 Å². The van der Waals surface area contributed by atoms with Gasteiger partial charge < -0.3 is 10.1 Å². The van der Waals surface area contributed by atoms with E-state index in [2.05, 4.69) is 25.3 Å². The molecular weight excluding hydrogens is 384 g/mol. The van der Waals surface area contributed by atoms with Crippen molar-refractivity contribution in [3.63, 3.8) is 0 Å². The molecule has 3 aromatic rings. The zero-order valence-corrected chi connectivity index (χ0v) is 17.6. The first-order valence-corrected chi connectivity index (χ1v) is 10.2. The average Bonchev–Trinajstić information content (AvgIpc) is 3.22. The van der Waals surface area contributed by atoms with Crippen molar-refractivity contribution in [2.24, 2.45) is 4.99 Å². The predicted octanol–water partition coefficient (Wildman–Crippen LogP) is 4.78. The molecule has 0 amide bonds. The van der Waals surface area contributed by atoms with Crippen LogP contribution in [0.5, 0.6) is 0 Å². The Hall–Kier alpha value is -2.97. The maximum absolute atomic E-state index is 5.13. The summed E-state index contributed by atoms with van der Waals surface area (Å²) < 4.78 is 5.13. The van der Waals surface area contributed by atoms with Gasteiger partial charge in [0.05, 0.1) is 11.3 Å². The number of aromatic nitrogens is 4. The molecule has 0 aliphatic carbocycles. The smallest absolute Gasteiger partial charge is 0.251 e. The highest BCUT2D eigenvalue weighted by atomic mass is 32.1. The van der Waals surface area contributed by atoms with Crippen molar-refractivity contribution >= 4 is 28.8 Å². The summed E-state index contributed by atoms with van der Waals surface area (Å²) in [6.07, 6.45) is 10.0. The van der Waals surface area contributed by atoms with E-state index >= 15 is 0 Å². The Morgan fingerprint density at radius 1 is 1.28 bits per heavy atom. The molecule has 0 atom stereocenters. The number of thiazole rings is 1. The molecule has 0 radical (unpaired) electrons. The molecule has 8 heteroatoms. The summed E-state index contributed by atoms with van der Waals surface area (Å²) >= 11 is 1.56. The highest BCUT2D eigenvalue weighted by Crippen LogP contribution is 2.32. The normalized spacial score (nSPS) is 11.9. The summed E-state index contributed by atoms with van der Waals surface area (Å²) in [6.45, 7) is 5.29. The molecule has 1 N–H and O–H groups in total. The Kier molecular flexibility index (Phi) is 7.54. The van der Waals surface area contributed by atoms with Gasteiger partial charge in [-0.1, -0.05) is 6.08 Å². The fourth-order valence-corrected chi connectivity index (χ4v) is 3.47. The molecule has 3 heterocycles. The molecule has 3 rings (SSSR count). The summed E-state index contributed by atoms with van der Waals surface area (Å²) in [7, 11) is 1.70. The quantitative estimate of drug-likeness (QED) is 0.405. The van der Waals surface area contributed by atoms with Gasteiger partial charge in [-0.15, -0.1) is 11.3 Å². The van der Waals surface area contributed by atoms with Crippen molar-refractivity contribution in [1.82, 2.24) is 19.9 Å². The Labute approximate surface area is 174 Å². The summed E-state index contributed by atoms with van der Waals surface area (Å²) in [6, 6.07) is 3.89. The molecular formula is C21H24N6OS. The summed E-state index contributed by atoms with van der Waals surface area (Å²) in [5.74, 6) is 1.14. The van der Waals surface area contributed by atoms with Gasteiger partial charge in [-0.3, -0.25) is 4.98 Å². The van der Waals surface area contributed by atoms with Crippen LogP contribution in [0.15, 0.2) is 53.2 Å². The lowest BCUT2D eigenvalue weighted by atomic mass is 10.2. The van der Waals surface area contributed by atoms with Crippen molar-refractivity contribution in [3.05, 3.63) is 48.3 Å². The molecule has 0 spiro atoms. The van der Waals surface area contributed by atoms with E-state index in [0.29, 0.717) is 12.6 Å². The first-order chi connectivity index (χ1) is 14.2. The second kappa shape index (κ2) is 10.5. The van der Waals surface area contributed by atoms with E-state index in [9.17, 15) is 0 Å². The van der Waals surface area contributed by atoms with Gasteiger partial charge in [-0.2, -0.15) is 4.98 Å². The predicted molar refractivity (Wildman–Crippen MR) is 119 cm³/mol. The number of ether oxygens (including phenoxy) is 1. The van der Waals surface area contributed by atoms with Gasteiger partial charge in [0.15, 0.2) is 0 Å². The van der Waals surface area contributed by atoms with Gasteiger partial charge in [0.25, 0.3) is 5.95 Å². The number of allylic oxidation sites excluding steroid dienone is 2. The van der Waals surface area contributed by atoms with Gasteiger partial charge in [-0.05, 0) is 38.5 Å². The van der Waals surface area contributed by atoms with Crippen molar-refractivity contribution in [2.45, 2.75) is 20.3 Å². The number of anilines is 1. The lowest BCUT2D eigenvalue weighted by Crippen LogP contribution is -2.07. The first kappa shape index (κ1) is 20.8. The maximum atomic E-state index is 5.13. The number of hydrogen-bond donors (Lipinski definition) is 1. The number of aliphatic imine (C=N–C) groups is 1. The zero-order chi connectivity index (χ0) is 20.5. The van der Waals surface area contributed by atoms with Crippen LogP contribution in [0.1, 0.15) is 20.3 Å². The van der Waals surface area contributed by atoms with Crippen LogP contribution in [0.25, 0.3) is 21.8 Å². The highest BCUT2D eigenvalue weighted by molar-refractivity contribution is 7.13. The third-order valence-electron chi connectivity index (χ3n) is 3.99. The van der Waals surface area contributed by atoms with Crippen LogP contribution in [0, 0.1) is 0 Å². The summed E-state index contributed by atoms with van der Waals surface area (Å²) in [4.78, 5) is 22.3. The minimum atomic E-state index is 0.421. The van der Waals surface area contributed by atoms with Crippen LogP contribution >= 0.6 is 11.3 Å². The molecule has 150 valence electrons. The van der Waals surface area contributed by atoms with Gasteiger partial charge >= 0.3 is 0 Å². The molecule has 0 fully saturated rings. The van der Waals surface area contributed by atoms with E-state index in [4.69, 9.17) is 9.72 Å². The number of pyridine rings is 1. The van der Waals surface area contributed by atoms with Crippen molar-refractivity contribution in [3.8, 4) is 21.8 Å².